The second-order valence-electron chi connectivity index (χ2n) is 2.94. The zero-order valence-corrected chi connectivity index (χ0v) is 10.0. The summed E-state index contributed by atoms with van der Waals surface area (Å²) in [4.78, 5) is 10.7. The molecule has 4 nitrogen and oxygen atoms in total. The van der Waals surface area contributed by atoms with Crippen molar-refractivity contribution in [3.63, 3.8) is 0 Å². The van der Waals surface area contributed by atoms with E-state index >= 15 is 0 Å². The number of hydrogen-bond acceptors (Lipinski definition) is 4. The van der Waals surface area contributed by atoms with Crippen LogP contribution in [0.25, 0.3) is 0 Å². The normalized spacial score (nSPS) is 16.2. The van der Waals surface area contributed by atoms with Gasteiger partial charge < -0.3 is 10.2 Å². The van der Waals surface area contributed by atoms with Crippen LogP contribution in [-0.4, -0.2) is 36.1 Å². The number of aromatic nitrogens is 2. The summed E-state index contributed by atoms with van der Waals surface area (Å²) >= 11 is 3.31. The molecule has 1 aromatic rings. The third-order valence-electron chi connectivity index (χ3n) is 2.01. The Morgan fingerprint density at radius 2 is 1.79 bits per heavy atom. The Bertz CT molecular complexity index is 273. The molecule has 0 radical (unpaired) electrons. The molecule has 78 valence electrons. The van der Waals surface area contributed by atoms with E-state index < -0.39 is 0 Å². The van der Waals surface area contributed by atoms with Crippen molar-refractivity contribution in [3.8, 4) is 0 Å². The first-order valence-corrected chi connectivity index (χ1v) is 5.09. The van der Waals surface area contributed by atoms with Crippen LogP contribution in [0, 0.1) is 0 Å². The molecule has 1 aliphatic rings. The summed E-state index contributed by atoms with van der Waals surface area (Å²) in [7, 11) is 0. The topological polar surface area (TPSA) is 41.1 Å². The van der Waals surface area contributed by atoms with E-state index in [1.807, 2.05) is 0 Å². The lowest BCUT2D eigenvalue weighted by molar-refractivity contribution is 0.579. The third kappa shape index (κ3) is 2.80. The van der Waals surface area contributed by atoms with Gasteiger partial charge in [0, 0.05) is 38.6 Å². The summed E-state index contributed by atoms with van der Waals surface area (Å²) in [5.74, 6) is 0.824. The lowest BCUT2D eigenvalue weighted by Gasteiger charge is -2.27. The molecule has 1 aromatic heterocycles. The fraction of sp³-hybridized carbons (Fsp3) is 0.500. The van der Waals surface area contributed by atoms with E-state index in [-0.39, 0.29) is 12.4 Å². The van der Waals surface area contributed by atoms with E-state index in [0.717, 1.165) is 36.6 Å². The van der Waals surface area contributed by atoms with Gasteiger partial charge in [0.25, 0.3) is 0 Å². The summed E-state index contributed by atoms with van der Waals surface area (Å²) in [6, 6.07) is 0. The van der Waals surface area contributed by atoms with Crippen LogP contribution < -0.4 is 10.2 Å². The van der Waals surface area contributed by atoms with Gasteiger partial charge in [0.2, 0.25) is 5.95 Å². The number of anilines is 1. The highest BCUT2D eigenvalue weighted by Crippen LogP contribution is 2.10. The van der Waals surface area contributed by atoms with Crippen molar-refractivity contribution < 1.29 is 0 Å². The van der Waals surface area contributed by atoms with Crippen LogP contribution in [-0.2, 0) is 0 Å². The highest BCUT2D eigenvalue weighted by molar-refractivity contribution is 9.10. The summed E-state index contributed by atoms with van der Waals surface area (Å²) in [6.45, 7) is 4.00. The van der Waals surface area contributed by atoms with Crippen molar-refractivity contribution >= 4 is 34.3 Å². The average Bonchev–Trinajstić information content (AvgIpc) is 2.20. The molecule has 2 heterocycles. The van der Waals surface area contributed by atoms with Gasteiger partial charge in [-0.25, -0.2) is 9.97 Å². The number of hydrogen-bond donors (Lipinski definition) is 1. The first kappa shape index (κ1) is 11.7. The van der Waals surface area contributed by atoms with Gasteiger partial charge in [0.1, 0.15) is 0 Å². The van der Waals surface area contributed by atoms with Gasteiger partial charge in [0.05, 0.1) is 4.47 Å². The van der Waals surface area contributed by atoms with E-state index in [2.05, 4.69) is 36.1 Å². The number of piperazine rings is 1. The fourth-order valence-corrected chi connectivity index (χ4v) is 1.54. The van der Waals surface area contributed by atoms with Gasteiger partial charge >= 0.3 is 0 Å². The maximum Gasteiger partial charge on any atom is 0.225 e. The monoisotopic (exact) mass is 278 g/mol. The SMILES string of the molecule is Brc1cnc(N2CCNCC2)nc1.Cl. The quantitative estimate of drug-likeness (QED) is 0.835. The number of halogens is 2. The Balaban J connectivity index is 0.000000980. The lowest BCUT2D eigenvalue weighted by atomic mass is 10.4. The van der Waals surface area contributed by atoms with Gasteiger partial charge in [-0.2, -0.15) is 0 Å². The molecule has 14 heavy (non-hydrogen) atoms. The molecule has 1 aliphatic heterocycles. The Hall–Kier alpha value is -0.390. The van der Waals surface area contributed by atoms with E-state index in [1.165, 1.54) is 0 Å². The molecule has 1 fully saturated rings. The van der Waals surface area contributed by atoms with Crippen molar-refractivity contribution in [1.82, 2.24) is 15.3 Å². The van der Waals surface area contributed by atoms with Gasteiger partial charge in [0.15, 0.2) is 0 Å². The highest BCUT2D eigenvalue weighted by Gasteiger charge is 2.11. The average molecular weight is 280 g/mol. The van der Waals surface area contributed by atoms with E-state index in [4.69, 9.17) is 0 Å². The van der Waals surface area contributed by atoms with E-state index in [1.54, 1.807) is 12.4 Å². The van der Waals surface area contributed by atoms with Crippen molar-refractivity contribution in [1.29, 1.82) is 0 Å². The zero-order valence-electron chi connectivity index (χ0n) is 7.61. The zero-order chi connectivity index (χ0) is 9.10. The van der Waals surface area contributed by atoms with E-state index in [9.17, 15) is 0 Å². The Morgan fingerprint density at radius 3 is 2.36 bits per heavy atom. The summed E-state index contributed by atoms with van der Waals surface area (Å²) in [5.41, 5.74) is 0. The standard InChI is InChI=1S/C8H11BrN4.ClH/c9-7-5-11-8(12-6-7)13-3-1-10-2-4-13;/h5-6,10H,1-4H2;1H. The molecule has 0 amide bonds. The second-order valence-corrected chi connectivity index (χ2v) is 3.85. The van der Waals surface area contributed by atoms with Crippen molar-refractivity contribution in [2.75, 3.05) is 31.1 Å². The first-order valence-electron chi connectivity index (χ1n) is 4.29. The summed E-state index contributed by atoms with van der Waals surface area (Å²) in [6.07, 6.45) is 3.56. The largest absolute Gasteiger partial charge is 0.338 e. The van der Waals surface area contributed by atoms with Gasteiger partial charge in [-0.15, -0.1) is 12.4 Å². The van der Waals surface area contributed by atoms with Crippen LogP contribution >= 0.6 is 28.3 Å². The Morgan fingerprint density at radius 1 is 1.21 bits per heavy atom. The number of rotatable bonds is 1. The van der Waals surface area contributed by atoms with Gasteiger partial charge in [-0.3, -0.25) is 0 Å². The minimum Gasteiger partial charge on any atom is -0.338 e. The molecule has 0 saturated carbocycles. The second kappa shape index (κ2) is 5.48. The van der Waals surface area contributed by atoms with Crippen molar-refractivity contribution in [3.05, 3.63) is 16.9 Å². The maximum absolute atomic E-state index is 4.24. The molecular formula is C8H12BrClN4. The summed E-state index contributed by atoms with van der Waals surface area (Å²) in [5, 5.41) is 3.29. The maximum atomic E-state index is 4.24. The molecule has 0 spiro atoms. The first-order chi connectivity index (χ1) is 6.36. The lowest BCUT2D eigenvalue weighted by Crippen LogP contribution is -2.44. The molecule has 0 bridgehead atoms. The van der Waals surface area contributed by atoms with Crippen LogP contribution in [0.3, 0.4) is 0 Å². The minimum atomic E-state index is 0. The Kier molecular flexibility index (Phi) is 4.57. The molecule has 0 atom stereocenters. The van der Waals surface area contributed by atoms with Crippen molar-refractivity contribution in [2.45, 2.75) is 0 Å². The summed E-state index contributed by atoms with van der Waals surface area (Å²) < 4.78 is 0.923. The smallest absolute Gasteiger partial charge is 0.225 e. The molecule has 0 aliphatic carbocycles. The van der Waals surface area contributed by atoms with Crippen LogP contribution in [0.15, 0.2) is 16.9 Å². The Labute approximate surface area is 97.7 Å². The predicted octanol–water partition coefficient (Wildman–Crippen LogP) is 1.07. The highest BCUT2D eigenvalue weighted by atomic mass is 79.9. The minimum absolute atomic E-state index is 0. The van der Waals surface area contributed by atoms with Crippen LogP contribution in [0.5, 0.6) is 0 Å². The molecule has 0 unspecified atom stereocenters. The predicted molar refractivity (Wildman–Crippen MR) is 62.1 cm³/mol. The van der Waals surface area contributed by atoms with Crippen LogP contribution in [0.2, 0.25) is 0 Å². The van der Waals surface area contributed by atoms with Gasteiger partial charge in [-0.1, -0.05) is 0 Å². The van der Waals surface area contributed by atoms with Crippen LogP contribution in [0.4, 0.5) is 5.95 Å². The van der Waals surface area contributed by atoms with Gasteiger partial charge in [-0.05, 0) is 15.9 Å². The molecule has 1 saturated heterocycles. The number of nitrogens with zero attached hydrogens (tertiary/aromatic N) is 3. The fourth-order valence-electron chi connectivity index (χ4n) is 1.33. The number of nitrogens with one attached hydrogen (secondary N) is 1. The van der Waals surface area contributed by atoms with E-state index in [0.29, 0.717) is 0 Å². The molecule has 2 rings (SSSR count). The van der Waals surface area contributed by atoms with Crippen molar-refractivity contribution in [2.24, 2.45) is 0 Å². The molecule has 6 heteroatoms. The third-order valence-corrected chi connectivity index (χ3v) is 2.42. The molecule has 0 aromatic carbocycles. The van der Waals surface area contributed by atoms with Crippen LogP contribution in [0.1, 0.15) is 0 Å². The molecule has 1 N–H and O–H groups in total. The molecular weight excluding hydrogens is 267 g/mol.